The van der Waals surface area contributed by atoms with E-state index in [1.807, 2.05) is 13.8 Å². The molecule has 86 valence electrons. The molecule has 2 nitrogen and oxygen atoms in total. The van der Waals surface area contributed by atoms with Crippen molar-refractivity contribution in [2.24, 2.45) is 17.8 Å². The second kappa shape index (κ2) is 4.38. The van der Waals surface area contributed by atoms with Crippen LogP contribution >= 0.6 is 0 Å². The maximum absolute atomic E-state index is 11.5. The summed E-state index contributed by atoms with van der Waals surface area (Å²) in [5, 5.41) is 3.11. The van der Waals surface area contributed by atoms with Crippen LogP contribution in [0.3, 0.4) is 0 Å². The molecule has 0 aliphatic heterocycles. The van der Waals surface area contributed by atoms with E-state index in [9.17, 15) is 4.79 Å². The molecule has 1 saturated carbocycles. The fourth-order valence-electron chi connectivity index (χ4n) is 1.60. The van der Waals surface area contributed by atoms with Crippen LogP contribution in [0.1, 0.15) is 41.0 Å². The summed E-state index contributed by atoms with van der Waals surface area (Å²) in [6.45, 7) is 10.3. The summed E-state index contributed by atoms with van der Waals surface area (Å²) in [4.78, 5) is 11.5. The second-order valence-corrected chi connectivity index (χ2v) is 5.50. The van der Waals surface area contributed by atoms with Crippen LogP contribution in [-0.2, 0) is 4.79 Å². The molecule has 0 aromatic rings. The Morgan fingerprint density at radius 1 is 1.40 bits per heavy atom. The first-order valence-corrected chi connectivity index (χ1v) is 5.85. The number of hydrogen-bond donors (Lipinski definition) is 1. The van der Waals surface area contributed by atoms with E-state index in [1.54, 1.807) is 0 Å². The number of carbonyl (C=O) groups is 1. The Bertz CT molecular complexity index is 268. The van der Waals surface area contributed by atoms with E-state index >= 15 is 0 Å². The molecule has 0 aromatic carbocycles. The smallest absolute Gasteiger partial charge is 0.222 e. The molecular weight excluding hydrogens is 186 g/mol. The third-order valence-electron chi connectivity index (χ3n) is 2.96. The number of allylic oxidation sites excluding steroid dienone is 1. The first-order chi connectivity index (χ1) is 6.85. The van der Waals surface area contributed by atoms with E-state index < -0.39 is 0 Å². The molecule has 0 saturated heterocycles. The Morgan fingerprint density at radius 3 is 2.47 bits per heavy atom. The minimum absolute atomic E-state index is 0.0206. The van der Waals surface area contributed by atoms with Gasteiger partial charge in [0.1, 0.15) is 0 Å². The molecule has 0 spiro atoms. The van der Waals surface area contributed by atoms with Crippen LogP contribution in [0.15, 0.2) is 12.2 Å². The number of nitrogens with one attached hydrogen (secondary N) is 1. The zero-order valence-electron chi connectivity index (χ0n) is 10.5. The quantitative estimate of drug-likeness (QED) is 0.709. The Kier molecular flexibility index (Phi) is 3.58. The topological polar surface area (TPSA) is 29.1 Å². The molecule has 1 amide bonds. The SMILES string of the molecule is CC(C)/C=C/C1C[C@@]1(C)NC(=O)C(C)C. The van der Waals surface area contributed by atoms with Crippen LogP contribution in [0, 0.1) is 17.8 Å². The first-order valence-electron chi connectivity index (χ1n) is 5.85. The molecule has 2 heteroatoms. The fraction of sp³-hybridized carbons (Fsp3) is 0.769. The molecule has 1 aliphatic rings. The molecule has 1 aliphatic carbocycles. The third-order valence-corrected chi connectivity index (χ3v) is 2.96. The van der Waals surface area contributed by atoms with Gasteiger partial charge in [-0.15, -0.1) is 0 Å². The van der Waals surface area contributed by atoms with Gasteiger partial charge in [-0.05, 0) is 19.3 Å². The van der Waals surface area contributed by atoms with Crippen molar-refractivity contribution in [2.45, 2.75) is 46.6 Å². The minimum atomic E-state index is 0.0206. The van der Waals surface area contributed by atoms with Gasteiger partial charge >= 0.3 is 0 Å². The number of rotatable bonds is 4. The highest BCUT2D eigenvalue weighted by Gasteiger charge is 2.49. The summed E-state index contributed by atoms with van der Waals surface area (Å²) in [5.41, 5.74) is 0.0206. The van der Waals surface area contributed by atoms with Gasteiger partial charge in [0.25, 0.3) is 0 Å². The second-order valence-electron chi connectivity index (χ2n) is 5.50. The molecule has 0 bridgehead atoms. The van der Waals surface area contributed by atoms with Gasteiger partial charge in [-0.1, -0.05) is 39.8 Å². The number of hydrogen-bond acceptors (Lipinski definition) is 1. The monoisotopic (exact) mass is 209 g/mol. The van der Waals surface area contributed by atoms with Gasteiger partial charge < -0.3 is 5.32 Å². The maximum Gasteiger partial charge on any atom is 0.222 e. The lowest BCUT2D eigenvalue weighted by Crippen LogP contribution is -2.38. The Hall–Kier alpha value is -0.790. The highest BCUT2D eigenvalue weighted by Crippen LogP contribution is 2.44. The van der Waals surface area contributed by atoms with Gasteiger partial charge in [0.2, 0.25) is 5.91 Å². The third kappa shape index (κ3) is 3.37. The molecule has 1 fully saturated rings. The Labute approximate surface area is 93.1 Å². The highest BCUT2D eigenvalue weighted by atomic mass is 16.2. The largest absolute Gasteiger partial charge is 0.350 e. The standard InChI is InChI=1S/C13H23NO/c1-9(2)6-7-11-8-13(11,5)14-12(15)10(3)4/h6-7,9-11H,8H2,1-5H3,(H,14,15)/b7-6+/t11?,13-/m1/s1. The summed E-state index contributed by atoms with van der Waals surface area (Å²) in [6, 6.07) is 0. The van der Waals surface area contributed by atoms with Crippen molar-refractivity contribution < 1.29 is 4.79 Å². The van der Waals surface area contributed by atoms with Crippen molar-refractivity contribution in [1.82, 2.24) is 5.32 Å². The van der Waals surface area contributed by atoms with E-state index in [2.05, 4.69) is 38.2 Å². The van der Waals surface area contributed by atoms with Gasteiger partial charge in [0.05, 0.1) is 0 Å². The molecule has 0 aromatic heterocycles. The molecule has 15 heavy (non-hydrogen) atoms. The van der Waals surface area contributed by atoms with Gasteiger partial charge in [-0.3, -0.25) is 4.79 Å². The Balaban J connectivity index is 2.42. The van der Waals surface area contributed by atoms with Crippen LogP contribution in [0.2, 0.25) is 0 Å². The molecule has 2 atom stereocenters. The van der Waals surface area contributed by atoms with Crippen LogP contribution < -0.4 is 5.32 Å². The van der Waals surface area contributed by atoms with Crippen LogP contribution in [0.4, 0.5) is 0 Å². The zero-order chi connectivity index (χ0) is 11.6. The van der Waals surface area contributed by atoms with Crippen molar-refractivity contribution in [2.75, 3.05) is 0 Å². The molecule has 1 N–H and O–H groups in total. The normalized spacial score (nSPS) is 30.2. The summed E-state index contributed by atoms with van der Waals surface area (Å²) in [6.07, 6.45) is 5.54. The summed E-state index contributed by atoms with van der Waals surface area (Å²) in [5.74, 6) is 1.37. The lowest BCUT2D eigenvalue weighted by Gasteiger charge is -2.15. The van der Waals surface area contributed by atoms with Crippen molar-refractivity contribution in [3.05, 3.63) is 12.2 Å². The van der Waals surface area contributed by atoms with Crippen molar-refractivity contribution in [3.63, 3.8) is 0 Å². The average Bonchev–Trinajstić information content (AvgIpc) is 2.73. The minimum Gasteiger partial charge on any atom is -0.350 e. The predicted molar refractivity (Wildman–Crippen MR) is 63.5 cm³/mol. The van der Waals surface area contributed by atoms with E-state index in [-0.39, 0.29) is 17.4 Å². The van der Waals surface area contributed by atoms with Crippen molar-refractivity contribution in [1.29, 1.82) is 0 Å². The lowest BCUT2D eigenvalue weighted by atomic mass is 10.1. The summed E-state index contributed by atoms with van der Waals surface area (Å²) < 4.78 is 0. The highest BCUT2D eigenvalue weighted by molar-refractivity contribution is 5.79. The van der Waals surface area contributed by atoms with Crippen LogP contribution in [0.5, 0.6) is 0 Å². The van der Waals surface area contributed by atoms with Crippen LogP contribution in [0.25, 0.3) is 0 Å². The molecule has 0 radical (unpaired) electrons. The fourth-order valence-corrected chi connectivity index (χ4v) is 1.60. The zero-order valence-corrected chi connectivity index (χ0v) is 10.5. The summed E-state index contributed by atoms with van der Waals surface area (Å²) in [7, 11) is 0. The summed E-state index contributed by atoms with van der Waals surface area (Å²) >= 11 is 0. The first kappa shape index (κ1) is 12.3. The molecule has 1 rings (SSSR count). The molecule has 1 unspecified atom stereocenters. The van der Waals surface area contributed by atoms with Gasteiger partial charge in [-0.25, -0.2) is 0 Å². The number of amides is 1. The van der Waals surface area contributed by atoms with Gasteiger partial charge in [0, 0.05) is 17.4 Å². The Morgan fingerprint density at radius 2 is 2.00 bits per heavy atom. The van der Waals surface area contributed by atoms with Gasteiger partial charge in [-0.2, -0.15) is 0 Å². The van der Waals surface area contributed by atoms with E-state index in [1.165, 1.54) is 0 Å². The van der Waals surface area contributed by atoms with Crippen LogP contribution in [-0.4, -0.2) is 11.4 Å². The number of carbonyl (C=O) groups excluding carboxylic acids is 1. The maximum atomic E-state index is 11.5. The molecule has 0 heterocycles. The lowest BCUT2D eigenvalue weighted by molar-refractivity contribution is -0.124. The van der Waals surface area contributed by atoms with E-state index in [4.69, 9.17) is 0 Å². The van der Waals surface area contributed by atoms with E-state index in [0.717, 1.165) is 6.42 Å². The predicted octanol–water partition coefficient (Wildman–Crippen LogP) is 2.75. The van der Waals surface area contributed by atoms with Crippen molar-refractivity contribution >= 4 is 5.91 Å². The van der Waals surface area contributed by atoms with E-state index in [0.29, 0.717) is 11.8 Å². The molecular formula is C13H23NO. The van der Waals surface area contributed by atoms with Crippen molar-refractivity contribution in [3.8, 4) is 0 Å². The average molecular weight is 209 g/mol. The van der Waals surface area contributed by atoms with Gasteiger partial charge in [0.15, 0.2) is 0 Å².